The minimum Gasteiger partial charge on any atom is -0.373 e. The number of morpholine rings is 1. The van der Waals surface area contributed by atoms with Gasteiger partial charge in [-0.25, -0.2) is 9.97 Å². The summed E-state index contributed by atoms with van der Waals surface area (Å²) in [4.78, 5) is 11.0. The van der Waals surface area contributed by atoms with Crippen molar-refractivity contribution in [3.05, 3.63) is 47.4 Å². The van der Waals surface area contributed by atoms with Crippen molar-refractivity contribution in [3.8, 4) is 0 Å². The van der Waals surface area contributed by atoms with Crippen molar-refractivity contribution in [3.63, 3.8) is 0 Å². The molecule has 2 aromatic heterocycles. The third kappa shape index (κ3) is 4.05. The lowest BCUT2D eigenvalue weighted by molar-refractivity contribution is -0.0963. The van der Waals surface area contributed by atoms with Gasteiger partial charge in [0.15, 0.2) is 5.65 Å². The summed E-state index contributed by atoms with van der Waals surface area (Å²) < 4.78 is 5.89. The average Bonchev–Trinajstić information content (AvgIpc) is 3.12. The Morgan fingerprint density at radius 1 is 1.30 bits per heavy atom. The Labute approximate surface area is 163 Å². The first kappa shape index (κ1) is 18.2. The molecule has 0 radical (unpaired) electrons. The van der Waals surface area contributed by atoms with E-state index in [0.29, 0.717) is 6.54 Å². The van der Waals surface area contributed by atoms with E-state index < -0.39 is 0 Å². The molecule has 0 amide bonds. The van der Waals surface area contributed by atoms with Gasteiger partial charge in [0.05, 0.1) is 29.8 Å². The monoisotopic (exact) mass is 386 g/mol. The van der Waals surface area contributed by atoms with Gasteiger partial charge in [0, 0.05) is 24.7 Å². The zero-order valence-electron chi connectivity index (χ0n) is 15.4. The second-order valence-electron chi connectivity index (χ2n) is 7.38. The maximum atomic E-state index is 6.10. The molecule has 0 spiro atoms. The van der Waals surface area contributed by atoms with Gasteiger partial charge in [-0.1, -0.05) is 23.7 Å². The molecule has 7 nitrogen and oxygen atoms in total. The number of hydrogen-bond donors (Lipinski definition) is 2. The Hall–Kier alpha value is -2.22. The highest BCUT2D eigenvalue weighted by molar-refractivity contribution is 6.30. The quantitative estimate of drug-likeness (QED) is 0.700. The van der Waals surface area contributed by atoms with E-state index in [1.165, 1.54) is 11.9 Å². The van der Waals surface area contributed by atoms with E-state index in [0.717, 1.165) is 41.6 Å². The number of fused-ring (bicyclic) bond motifs is 1. The lowest BCUT2D eigenvalue weighted by Crippen LogP contribution is -2.50. The van der Waals surface area contributed by atoms with Crippen molar-refractivity contribution in [2.24, 2.45) is 0 Å². The number of aromatic amines is 1. The van der Waals surface area contributed by atoms with Crippen molar-refractivity contribution in [2.45, 2.75) is 25.5 Å². The molecule has 3 aromatic rings. The topological polar surface area (TPSA) is 79.0 Å². The van der Waals surface area contributed by atoms with Gasteiger partial charge >= 0.3 is 0 Å². The SMILES string of the molecule is CC1(C)CN(C(CNc2ncnc3[nH]ncc23)c2ccc(Cl)cc2)CCO1. The molecule has 4 rings (SSSR count). The Balaban J connectivity index is 1.59. The third-order valence-corrected chi connectivity index (χ3v) is 5.11. The fourth-order valence-electron chi connectivity index (χ4n) is 3.56. The molecule has 1 saturated heterocycles. The number of aromatic nitrogens is 4. The molecule has 1 unspecified atom stereocenters. The molecule has 0 aliphatic carbocycles. The summed E-state index contributed by atoms with van der Waals surface area (Å²) >= 11 is 6.10. The zero-order valence-corrected chi connectivity index (χ0v) is 16.2. The first-order valence-electron chi connectivity index (χ1n) is 9.03. The van der Waals surface area contributed by atoms with Crippen LogP contribution in [0.4, 0.5) is 5.82 Å². The number of H-pyrrole nitrogens is 1. The molecular weight excluding hydrogens is 364 g/mol. The maximum Gasteiger partial charge on any atom is 0.160 e. The summed E-state index contributed by atoms with van der Waals surface area (Å²) in [6.45, 7) is 7.41. The van der Waals surface area contributed by atoms with Crippen LogP contribution in [-0.4, -0.2) is 56.9 Å². The van der Waals surface area contributed by atoms with Crippen molar-refractivity contribution >= 4 is 28.5 Å². The maximum absolute atomic E-state index is 6.10. The van der Waals surface area contributed by atoms with E-state index in [2.05, 4.69) is 56.4 Å². The van der Waals surface area contributed by atoms with E-state index in [4.69, 9.17) is 16.3 Å². The number of hydrogen-bond acceptors (Lipinski definition) is 6. The van der Waals surface area contributed by atoms with Gasteiger partial charge in [-0.15, -0.1) is 0 Å². The van der Waals surface area contributed by atoms with Crippen LogP contribution in [0.2, 0.25) is 5.02 Å². The molecule has 1 aromatic carbocycles. The van der Waals surface area contributed by atoms with Crippen LogP contribution < -0.4 is 5.32 Å². The molecule has 8 heteroatoms. The fraction of sp³-hybridized carbons (Fsp3) is 0.421. The van der Waals surface area contributed by atoms with Crippen LogP contribution in [0.3, 0.4) is 0 Å². The number of nitrogens with zero attached hydrogens (tertiary/aromatic N) is 4. The summed E-state index contributed by atoms with van der Waals surface area (Å²) in [6.07, 6.45) is 3.28. The molecule has 1 aliphatic rings. The Kier molecular flexibility index (Phi) is 4.99. The molecule has 1 atom stereocenters. The van der Waals surface area contributed by atoms with E-state index >= 15 is 0 Å². The normalized spacial score (nSPS) is 18.5. The summed E-state index contributed by atoms with van der Waals surface area (Å²) in [6, 6.07) is 8.22. The number of nitrogens with one attached hydrogen (secondary N) is 2. The molecule has 0 bridgehead atoms. The lowest BCUT2D eigenvalue weighted by Gasteiger charge is -2.42. The van der Waals surface area contributed by atoms with Gasteiger partial charge < -0.3 is 10.1 Å². The molecule has 1 fully saturated rings. The first-order valence-corrected chi connectivity index (χ1v) is 9.41. The Morgan fingerprint density at radius 3 is 2.89 bits per heavy atom. The van der Waals surface area contributed by atoms with Crippen molar-refractivity contribution in [1.82, 2.24) is 25.1 Å². The number of halogens is 1. The van der Waals surface area contributed by atoms with Crippen LogP contribution in [0.5, 0.6) is 0 Å². The van der Waals surface area contributed by atoms with Gasteiger partial charge in [-0.3, -0.25) is 10.00 Å². The summed E-state index contributed by atoms with van der Waals surface area (Å²) in [5.74, 6) is 0.778. The van der Waals surface area contributed by atoms with Gasteiger partial charge in [0.1, 0.15) is 12.1 Å². The average molecular weight is 387 g/mol. The molecule has 142 valence electrons. The Bertz CT molecular complexity index is 910. The fourth-order valence-corrected chi connectivity index (χ4v) is 3.69. The molecular formula is C19H23ClN6O. The van der Waals surface area contributed by atoms with Gasteiger partial charge in [0.2, 0.25) is 0 Å². The standard InChI is InChI=1S/C19H23ClN6O/c1-19(2)11-26(7-8-27-19)16(13-3-5-14(20)6-4-13)10-21-17-15-9-24-25-18(15)23-12-22-17/h3-6,9,12,16H,7-8,10-11H2,1-2H3,(H2,21,22,23,24,25). The number of benzene rings is 1. The zero-order chi connectivity index (χ0) is 18.9. The molecule has 2 N–H and O–H groups in total. The molecule has 0 saturated carbocycles. The number of anilines is 1. The predicted octanol–water partition coefficient (Wildman–Crippen LogP) is 3.27. The Morgan fingerprint density at radius 2 is 2.11 bits per heavy atom. The molecule has 3 heterocycles. The summed E-state index contributed by atoms with van der Waals surface area (Å²) in [5, 5.41) is 12.0. The van der Waals surface area contributed by atoms with Crippen LogP contribution in [0.1, 0.15) is 25.5 Å². The predicted molar refractivity (Wildman–Crippen MR) is 106 cm³/mol. The lowest BCUT2D eigenvalue weighted by atomic mass is 10.0. The third-order valence-electron chi connectivity index (χ3n) is 4.86. The largest absolute Gasteiger partial charge is 0.373 e. The highest BCUT2D eigenvalue weighted by Gasteiger charge is 2.32. The highest BCUT2D eigenvalue weighted by Crippen LogP contribution is 2.28. The van der Waals surface area contributed by atoms with Crippen LogP contribution in [0.15, 0.2) is 36.8 Å². The van der Waals surface area contributed by atoms with E-state index in [1.54, 1.807) is 6.20 Å². The van der Waals surface area contributed by atoms with Crippen LogP contribution in [0.25, 0.3) is 11.0 Å². The first-order chi connectivity index (χ1) is 13.0. The molecule has 27 heavy (non-hydrogen) atoms. The second kappa shape index (κ2) is 7.42. The van der Waals surface area contributed by atoms with Crippen LogP contribution >= 0.6 is 11.6 Å². The smallest absolute Gasteiger partial charge is 0.160 e. The van der Waals surface area contributed by atoms with E-state index in [1.807, 2.05) is 12.1 Å². The summed E-state index contributed by atoms with van der Waals surface area (Å²) in [7, 11) is 0. The van der Waals surface area contributed by atoms with Crippen molar-refractivity contribution in [2.75, 3.05) is 31.6 Å². The van der Waals surface area contributed by atoms with E-state index in [-0.39, 0.29) is 11.6 Å². The van der Waals surface area contributed by atoms with E-state index in [9.17, 15) is 0 Å². The summed E-state index contributed by atoms with van der Waals surface area (Å²) in [5.41, 5.74) is 1.76. The minimum atomic E-state index is -0.171. The molecule has 1 aliphatic heterocycles. The van der Waals surface area contributed by atoms with Crippen LogP contribution in [0, 0.1) is 0 Å². The van der Waals surface area contributed by atoms with Gasteiger partial charge in [0.25, 0.3) is 0 Å². The van der Waals surface area contributed by atoms with Crippen LogP contribution in [-0.2, 0) is 4.74 Å². The second-order valence-corrected chi connectivity index (χ2v) is 7.82. The number of rotatable bonds is 5. The highest BCUT2D eigenvalue weighted by atomic mass is 35.5. The minimum absolute atomic E-state index is 0.169. The number of ether oxygens (including phenoxy) is 1. The van der Waals surface area contributed by atoms with Gasteiger partial charge in [-0.2, -0.15) is 5.10 Å². The van der Waals surface area contributed by atoms with Crippen molar-refractivity contribution < 1.29 is 4.74 Å². The van der Waals surface area contributed by atoms with Crippen molar-refractivity contribution in [1.29, 1.82) is 0 Å². The van der Waals surface area contributed by atoms with Gasteiger partial charge in [-0.05, 0) is 31.5 Å².